The fraction of sp³-hybridized carbons (Fsp3) is 0.545. The number of aliphatic hydroxyl groups excluding tert-OH is 3. The summed E-state index contributed by atoms with van der Waals surface area (Å²) < 4.78 is 5.41. The van der Waals surface area contributed by atoms with Gasteiger partial charge in [0, 0.05) is 11.8 Å². The van der Waals surface area contributed by atoms with Gasteiger partial charge in [-0.3, -0.25) is 14.8 Å². The van der Waals surface area contributed by atoms with Crippen LogP contribution in [0.2, 0.25) is 0 Å². The molecule has 102 valence electrons. The van der Waals surface area contributed by atoms with E-state index in [1.165, 1.54) is 12.5 Å². The van der Waals surface area contributed by atoms with Crippen molar-refractivity contribution in [1.29, 1.82) is 0 Å². The first-order valence-electron chi connectivity index (χ1n) is 5.86. The number of nitrogens with zero attached hydrogens (tertiary/aromatic N) is 2. The molecular formula is C11H13N3O5. The van der Waals surface area contributed by atoms with Crippen LogP contribution in [0.5, 0.6) is 0 Å². The van der Waals surface area contributed by atoms with Crippen LogP contribution in [0.4, 0.5) is 0 Å². The first kappa shape index (κ1) is 12.4. The first-order chi connectivity index (χ1) is 9.13. The second kappa shape index (κ2) is 4.49. The second-order valence-corrected chi connectivity index (χ2v) is 4.56. The highest BCUT2D eigenvalue weighted by Crippen LogP contribution is 2.32. The predicted octanol–water partition coefficient (Wildman–Crippen LogP) is -2.67. The van der Waals surface area contributed by atoms with Gasteiger partial charge in [-0.25, -0.2) is 0 Å². The Bertz CT molecular complexity index is 501. The van der Waals surface area contributed by atoms with Gasteiger partial charge in [0.15, 0.2) is 0 Å². The Morgan fingerprint density at radius 3 is 2.84 bits per heavy atom. The van der Waals surface area contributed by atoms with Crippen LogP contribution >= 0.6 is 0 Å². The average Bonchev–Trinajstić information content (AvgIpc) is 2.94. The van der Waals surface area contributed by atoms with Crippen LogP contribution in [-0.2, 0) is 9.53 Å². The standard InChI is InChI=1S/C11H13N3O5/c15-2-5-8(16)9(17)10(19-5)4-1-12-7-6(4)13-3-14-11(7)18/h1,3,5-6,8-10,15-17H,2H2,(H,13,14,18)/t5-,6?,8-,9+,10-/m0/s1. The molecule has 8 nitrogen and oxygen atoms in total. The lowest BCUT2D eigenvalue weighted by atomic mass is 9.95. The molecule has 19 heavy (non-hydrogen) atoms. The van der Waals surface area contributed by atoms with Gasteiger partial charge in [-0.1, -0.05) is 0 Å². The molecule has 4 N–H and O–H groups in total. The zero-order chi connectivity index (χ0) is 13.6. The summed E-state index contributed by atoms with van der Waals surface area (Å²) in [6.45, 7) is -0.399. The normalized spacial score (nSPS) is 40.8. The monoisotopic (exact) mass is 267 g/mol. The molecule has 0 aromatic rings. The predicted molar refractivity (Wildman–Crippen MR) is 63.7 cm³/mol. The van der Waals surface area contributed by atoms with Gasteiger partial charge in [-0.2, -0.15) is 0 Å². The van der Waals surface area contributed by atoms with E-state index in [1.54, 1.807) is 0 Å². The highest BCUT2D eigenvalue weighted by molar-refractivity contribution is 6.45. The van der Waals surface area contributed by atoms with Gasteiger partial charge < -0.3 is 25.4 Å². The van der Waals surface area contributed by atoms with Crippen LogP contribution in [0, 0.1) is 0 Å². The van der Waals surface area contributed by atoms with E-state index < -0.39 is 37.1 Å². The number of nitrogens with one attached hydrogen (secondary N) is 1. The lowest BCUT2D eigenvalue weighted by Gasteiger charge is -2.22. The van der Waals surface area contributed by atoms with E-state index in [-0.39, 0.29) is 11.6 Å². The third kappa shape index (κ3) is 1.80. The van der Waals surface area contributed by atoms with Crippen LogP contribution in [0.1, 0.15) is 0 Å². The van der Waals surface area contributed by atoms with Gasteiger partial charge in [0.25, 0.3) is 5.91 Å². The Morgan fingerprint density at radius 2 is 2.16 bits per heavy atom. The number of carbonyl (C=O) groups excluding carboxylic acids is 1. The SMILES string of the molecule is O=C1NC=NC2C([C@@H]3O[C@@H](CO)[C@H](O)[C@H]3O)=CN=C12. The Kier molecular flexibility index (Phi) is 2.94. The van der Waals surface area contributed by atoms with Gasteiger partial charge in [-0.15, -0.1) is 0 Å². The number of ether oxygens (including phenoxy) is 1. The fourth-order valence-corrected chi connectivity index (χ4v) is 2.43. The van der Waals surface area contributed by atoms with Crippen LogP contribution in [0.25, 0.3) is 0 Å². The number of amides is 1. The molecule has 0 aromatic heterocycles. The van der Waals surface area contributed by atoms with Gasteiger partial charge in [0.05, 0.1) is 12.9 Å². The molecule has 1 unspecified atom stereocenters. The molecule has 1 amide bonds. The van der Waals surface area contributed by atoms with E-state index in [9.17, 15) is 15.0 Å². The Morgan fingerprint density at radius 1 is 1.37 bits per heavy atom. The number of fused-ring (bicyclic) bond motifs is 1. The molecule has 3 rings (SSSR count). The van der Waals surface area contributed by atoms with Gasteiger partial charge in [0.1, 0.15) is 36.2 Å². The third-order valence-corrected chi connectivity index (χ3v) is 3.45. The summed E-state index contributed by atoms with van der Waals surface area (Å²) >= 11 is 0. The van der Waals surface area contributed by atoms with Gasteiger partial charge in [-0.05, 0) is 0 Å². The summed E-state index contributed by atoms with van der Waals surface area (Å²) in [4.78, 5) is 19.6. The number of hydrogen-bond donors (Lipinski definition) is 4. The van der Waals surface area contributed by atoms with Crippen molar-refractivity contribution in [3.05, 3.63) is 11.8 Å². The second-order valence-electron chi connectivity index (χ2n) is 4.56. The van der Waals surface area contributed by atoms with Crippen molar-refractivity contribution in [3.63, 3.8) is 0 Å². The topological polar surface area (TPSA) is 124 Å². The molecule has 0 saturated carbocycles. The molecule has 0 bridgehead atoms. The molecule has 0 aromatic carbocycles. The highest BCUT2D eigenvalue weighted by atomic mass is 16.6. The minimum absolute atomic E-state index is 0.232. The number of aliphatic imine (C=N–C) groups is 2. The molecule has 3 aliphatic heterocycles. The Balaban J connectivity index is 1.84. The zero-order valence-corrected chi connectivity index (χ0v) is 9.80. The summed E-state index contributed by atoms with van der Waals surface area (Å²) in [5.41, 5.74) is 0.735. The summed E-state index contributed by atoms with van der Waals surface area (Å²) in [5, 5.41) is 31.1. The minimum Gasteiger partial charge on any atom is -0.394 e. The number of carbonyl (C=O) groups is 1. The lowest BCUT2D eigenvalue weighted by molar-refractivity contribution is -0.113. The van der Waals surface area contributed by atoms with Gasteiger partial charge in [0.2, 0.25) is 0 Å². The molecule has 0 radical (unpaired) electrons. The molecule has 1 fully saturated rings. The summed E-state index contributed by atoms with van der Waals surface area (Å²) in [6.07, 6.45) is -1.36. The minimum atomic E-state index is -1.18. The van der Waals surface area contributed by atoms with Crippen molar-refractivity contribution in [1.82, 2.24) is 5.32 Å². The van der Waals surface area contributed by atoms with E-state index in [0.29, 0.717) is 5.57 Å². The van der Waals surface area contributed by atoms with Crippen molar-refractivity contribution < 1.29 is 24.9 Å². The maximum atomic E-state index is 11.5. The molecule has 0 aliphatic carbocycles. The van der Waals surface area contributed by atoms with Crippen LogP contribution in [-0.4, -0.2) is 70.3 Å². The van der Waals surface area contributed by atoms with E-state index >= 15 is 0 Å². The zero-order valence-electron chi connectivity index (χ0n) is 9.80. The quantitative estimate of drug-likeness (QED) is 0.434. The lowest BCUT2D eigenvalue weighted by Crippen LogP contribution is -2.44. The average molecular weight is 267 g/mol. The Hall–Kier alpha value is -1.61. The Labute approximate surface area is 108 Å². The smallest absolute Gasteiger partial charge is 0.273 e. The maximum Gasteiger partial charge on any atom is 0.273 e. The summed E-state index contributed by atoms with van der Waals surface area (Å²) in [5.74, 6) is -0.349. The van der Waals surface area contributed by atoms with Crippen molar-refractivity contribution >= 4 is 18.0 Å². The number of aliphatic hydroxyl groups is 3. The third-order valence-electron chi connectivity index (χ3n) is 3.45. The number of hydrogen-bond acceptors (Lipinski definition) is 7. The van der Waals surface area contributed by atoms with Crippen LogP contribution in [0.3, 0.4) is 0 Å². The largest absolute Gasteiger partial charge is 0.394 e. The van der Waals surface area contributed by atoms with Crippen molar-refractivity contribution in [2.45, 2.75) is 30.5 Å². The molecule has 0 spiro atoms. The fourth-order valence-electron chi connectivity index (χ4n) is 2.43. The van der Waals surface area contributed by atoms with E-state index in [0.717, 1.165) is 0 Å². The van der Waals surface area contributed by atoms with Crippen molar-refractivity contribution in [2.24, 2.45) is 9.98 Å². The molecule has 3 aliphatic rings. The van der Waals surface area contributed by atoms with E-state index in [4.69, 9.17) is 9.84 Å². The summed E-state index contributed by atoms with van der Waals surface area (Å²) in [6, 6.07) is -0.599. The van der Waals surface area contributed by atoms with E-state index in [2.05, 4.69) is 15.3 Å². The number of rotatable bonds is 2. The van der Waals surface area contributed by atoms with Crippen molar-refractivity contribution in [3.8, 4) is 0 Å². The van der Waals surface area contributed by atoms with Crippen LogP contribution < -0.4 is 5.32 Å². The van der Waals surface area contributed by atoms with Crippen molar-refractivity contribution in [2.75, 3.05) is 6.61 Å². The highest BCUT2D eigenvalue weighted by Gasteiger charge is 2.48. The molecule has 8 heteroatoms. The van der Waals surface area contributed by atoms with E-state index in [1.807, 2.05) is 0 Å². The van der Waals surface area contributed by atoms with Crippen LogP contribution in [0.15, 0.2) is 21.8 Å². The first-order valence-corrected chi connectivity index (χ1v) is 5.86. The molecule has 5 atom stereocenters. The molecular weight excluding hydrogens is 254 g/mol. The molecule has 1 saturated heterocycles. The molecule has 3 heterocycles. The van der Waals surface area contributed by atoms with Gasteiger partial charge >= 0.3 is 0 Å². The summed E-state index contributed by atoms with van der Waals surface area (Å²) in [7, 11) is 0. The maximum absolute atomic E-state index is 11.5.